The van der Waals surface area contributed by atoms with E-state index in [1.807, 2.05) is 19.1 Å². The highest BCUT2D eigenvalue weighted by molar-refractivity contribution is 7.15. The number of hydrogen-bond acceptors (Lipinski definition) is 5. The Morgan fingerprint density at radius 1 is 1.43 bits per heavy atom. The van der Waals surface area contributed by atoms with E-state index in [-0.39, 0.29) is 17.9 Å². The van der Waals surface area contributed by atoms with Crippen molar-refractivity contribution < 1.29 is 9.90 Å². The number of tetrazole rings is 1. The quantitative estimate of drug-likeness (QED) is 0.917. The first-order valence-corrected chi connectivity index (χ1v) is 7.64. The lowest BCUT2D eigenvalue weighted by atomic mass is 9.87. The summed E-state index contributed by atoms with van der Waals surface area (Å²) in [6.07, 6.45) is 0.710. The van der Waals surface area contributed by atoms with Gasteiger partial charge in [-0.05, 0) is 41.3 Å². The van der Waals surface area contributed by atoms with Crippen LogP contribution in [0.3, 0.4) is 0 Å². The predicted octanol–water partition coefficient (Wildman–Crippen LogP) is 3.16. The summed E-state index contributed by atoms with van der Waals surface area (Å²) in [6, 6.07) is 3.72. The maximum Gasteiger partial charge on any atom is 0.305 e. The molecule has 1 N–H and O–H groups in total. The molecule has 1 atom stereocenters. The minimum Gasteiger partial charge on any atom is -0.481 e. The van der Waals surface area contributed by atoms with Gasteiger partial charge < -0.3 is 5.11 Å². The van der Waals surface area contributed by atoms with Crippen LogP contribution in [0.5, 0.6) is 0 Å². The van der Waals surface area contributed by atoms with Gasteiger partial charge in [0.2, 0.25) is 0 Å². The molecule has 0 radical (unpaired) electrons. The second kappa shape index (κ2) is 5.93. The summed E-state index contributed by atoms with van der Waals surface area (Å²) in [6.45, 7) is 8.27. The molecule has 0 saturated carbocycles. The van der Waals surface area contributed by atoms with Gasteiger partial charge in [0.05, 0.1) is 17.3 Å². The van der Waals surface area contributed by atoms with Gasteiger partial charge in [0.15, 0.2) is 5.82 Å². The zero-order valence-corrected chi connectivity index (χ0v) is 13.5. The average molecular weight is 308 g/mol. The van der Waals surface area contributed by atoms with Crippen molar-refractivity contribution >= 4 is 17.3 Å². The molecule has 1 unspecified atom stereocenters. The van der Waals surface area contributed by atoms with E-state index in [2.05, 4.69) is 36.3 Å². The molecule has 2 rings (SSSR count). The number of thiophene rings is 1. The molecule has 6 nitrogen and oxygen atoms in total. The van der Waals surface area contributed by atoms with Crippen LogP contribution in [0.2, 0.25) is 0 Å². The predicted molar refractivity (Wildman–Crippen MR) is 81.2 cm³/mol. The highest BCUT2D eigenvalue weighted by Crippen LogP contribution is 2.33. The molecule has 0 fully saturated rings. The van der Waals surface area contributed by atoms with Crippen LogP contribution in [0.15, 0.2) is 12.1 Å². The second-order valence-corrected chi connectivity index (χ2v) is 7.66. The molecule has 0 aliphatic rings. The summed E-state index contributed by atoms with van der Waals surface area (Å²) < 4.78 is 1.66. The fourth-order valence-electron chi connectivity index (χ4n) is 2.31. The highest BCUT2D eigenvalue weighted by atomic mass is 32.1. The maximum absolute atomic E-state index is 11.2. The summed E-state index contributed by atoms with van der Waals surface area (Å²) in [4.78, 5) is 13.3. The molecule has 0 aromatic carbocycles. The van der Waals surface area contributed by atoms with Crippen LogP contribution in [0.4, 0.5) is 0 Å². The van der Waals surface area contributed by atoms with Crippen LogP contribution in [0.1, 0.15) is 44.5 Å². The molecule has 2 heterocycles. The molecule has 0 aliphatic heterocycles. The number of carbonyl (C=O) groups is 1. The number of rotatable bonds is 5. The van der Waals surface area contributed by atoms with Crippen molar-refractivity contribution in [1.82, 2.24) is 20.2 Å². The van der Waals surface area contributed by atoms with E-state index < -0.39 is 5.97 Å². The van der Waals surface area contributed by atoms with Crippen molar-refractivity contribution in [3.63, 3.8) is 0 Å². The Morgan fingerprint density at radius 2 is 2.14 bits per heavy atom. The zero-order valence-electron chi connectivity index (χ0n) is 12.7. The standard InChI is InChI=1S/C14H20N4O2S/c1-9-5-6-11(21-9)13-15-16-17-18(13)10(7-12(19)20)8-14(2,3)4/h5-6,10H,7-8H2,1-4H3,(H,19,20). The van der Waals surface area contributed by atoms with Crippen LogP contribution in [-0.2, 0) is 4.79 Å². The summed E-state index contributed by atoms with van der Waals surface area (Å²) in [7, 11) is 0. The molecule has 0 saturated heterocycles. The Bertz CT molecular complexity index is 627. The Kier molecular flexibility index (Phi) is 4.41. The third kappa shape index (κ3) is 4.10. The maximum atomic E-state index is 11.2. The number of hydrogen-bond donors (Lipinski definition) is 1. The number of aliphatic carboxylic acids is 1. The van der Waals surface area contributed by atoms with Gasteiger partial charge in [-0.2, -0.15) is 0 Å². The Balaban J connectivity index is 2.36. The van der Waals surface area contributed by atoms with Crippen LogP contribution in [-0.4, -0.2) is 31.3 Å². The van der Waals surface area contributed by atoms with E-state index >= 15 is 0 Å². The molecule has 0 aliphatic carbocycles. The van der Waals surface area contributed by atoms with Gasteiger partial charge >= 0.3 is 5.97 Å². The molecule has 0 bridgehead atoms. The Morgan fingerprint density at radius 3 is 2.67 bits per heavy atom. The summed E-state index contributed by atoms with van der Waals surface area (Å²) in [5.41, 5.74) is -0.00525. The first kappa shape index (κ1) is 15.6. The molecule has 2 aromatic heterocycles. The molecule has 0 amide bonds. The van der Waals surface area contributed by atoms with Gasteiger partial charge in [0.1, 0.15) is 0 Å². The molecule has 2 aromatic rings. The first-order chi connectivity index (χ1) is 9.76. The third-order valence-corrected chi connectivity index (χ3v) is 4.05. The number of carboxylic acid groups (broad SMARTS) is 1. The molecule has 21 heavy (non-hydrogen) atoms. The number of carboxylic acids is 1. The van der Waals surface area contributed by atoms with Crippen molar-refractivity contribution in [3.05, 3.63) is 17.0 Å². The summed E-state index contributed by atoms with van der Waals surface area (Å²) in [5, 5.41) is 21.0. The van der Waals surface area contributed by atoms with E-state index in [0.29, 0.717) is 12.2 Å². The molecule has 0 spiro atoms. The Hall–Kier alpha value is -1.76. The average Bonchev–Trinajstić information content (AvgIpc) is 2.93. The number of aryl methyl sites for hydroxylation is 1. The van der Waals surface area contributed by atoms with Gasteiger partial charge in [-0.1, -0.05) is 20.8 Å². The van der Waals surface area contributed by atoms with Crippen molar-refractivity contribution in [2.24, 2.45) is 5.41 Å². The van der Waals surface area contributed by atoms with Crippen molar-refractivity contribution in [2.45, 2.75) is 46.6 Å². The van der Waals surface area contributed by atoms with E-state index in [1.54, 1.807) is 16.0 Å². The second-order valence-electron chi connectivity index (χ2n) is 6.37. The third-order valence-electron chi connectivity index (χ3n) is 3.06. The van der Waals surface area contributed by atoms with E-state index in [1.165, 1.54) is 4.88 Å². The lowest BCUT2D eigenvalue weighted by Gasteiger charge is -2.25. The molecule has 7 heteroatoms. The largest absolute Gasteiger partial charge is 0.481 e. The van der Waals surface area contributed by atoms with Crippen LogP contribution >= 0.6 is 11.3 Å². The van der Waals surface area contributed by atoms with Crippen molar-refractivity contribution in [1.29, 1.82) is 0 Å². The lowest BCUT2D eigenvalue weighted by Crippen LogP contribution is -2.22. The van der Waals surface area contributed by atoms with E-state index in [4.69, 9.17) is 5.11 Å². The number of nitrogens with zero attached hydrogens (tertiary/aromatic N) is 4. The summed E-state index contributed by atoms with van der Waals surface area (Å²) in [5.74, 6) is -0.198. The minimum absolute atomic E-state index is 0.00525. The van der Waals surface area contributed by atoms with Gasteiger partial charge in [-0.15, -0.1) is 16.4 Å². The zero-order chi connectivity index (χ0) is 15.6. The highest BCUT2D eigenvalue weighted by Gasteiger charge is 2.26. The van der Waals surface area contributed by atoms with Crippen LogP contribution in [0, 0.1) is 12.3 Å². The summed E-state index contributed by atoms with van der Waals surface area (Å²) >= 11 is 1.60. The fraction of sp³-hybridized carbons (Fsp3) is 0.571. The van der Waals surface area contributed by atoms with Gasteiger partial charge in [-0.3, -0.25) is 4.79 Å². The molecular formula is C14H20N4O2S. The van der Waals surface area contributed by atoms with Crippen LogP contribution < -0.4 is 0 Å². The molecular weight excluding hydrogens is 288 g/mol. The van der Waals surface area contributed by atoms with E-state index in [9.17, 15) is 4.79 Å². The fourth-order valence-corrected chi connectivity index (χ4v) is 3.15. The van der Waals surface area contributed by atoms with Gasteiger partial charge in [-0.25, -0.2) is 4.68 Å². The minimum atomic E-state index is -0.840. The van der Waals surface area contributed by atoms with Crippen molar-refractivity contribution in [2.75, 3.05) is 0 Å². The van der Waals surface area contributed by atoms with Gasteiger partial charge in [0, 0.05) is 4.88 Å². The first-order valence-electron chi connectivity index (χ1n) is 6.83. The normalized spacial score (nSPS) is 13.3. The Labute approximate surface area is 127 Å². The number of aromatic nitrogens is 4. The monoisotopic (exact) mass is 308 g/mol. The van der Waals surface area contributed by atoms with Crippen molar-refractivity contribution in [3.8, 4) is 10.7 Å². The van der Waals surface area contributed by atoms with Crippen LogP contribution in [0.25, 0.3) is 10.7 Å². The van der Waals surface area contributed by atoms with E-state index in [0.717, 1.165) is 4.88 Å². The smallest absolute Gasteiger partial charge is 0.305 e. The lowest BCUT2D eigenvalue weighted by molar-refractivity contribution is -0.138. The SMILES string of the molecule is Cc1ccc(-c2nnnn2C(CC(=O)O)CC(C)(C)C)s1. The molecule has 114 valence electrons. The topological polar surface area (TPSA) is 80.9 Å². The van der Waals surface area contributed by atoms with Gasteiger partial charge in [0.25, 0.3) is 0 Å².